The quantitative estimate of drug-likeness (QED) is 0.499. The van der Waals surface area contributed by atoms with E-state index in [0.29, 0.717) is 24.2 Å². The van der Waals surface area contributed by atoms with Crippen LogP contribution >= 0.6 is 0 Å². The third-order valence-electron chi connectivity index (χ3n) is 5.48. The fourth-order valence-corrected chi connectivity index (χ4v) is 3.70. The number of esters is 1. The van der Waals surface area contributed by atoms with Crippen molar-refractivity contribution in [2.75, 3.05) is 28.3 Å². The Kier molecular flexibility index (Phi) is 7.29. The summed E-state index contributed by atoms with van der Waals surface area (Å²) in [5, 5.41) is 2.37. The van der Waals surface area contributed by atoms with E-state index in [1.54, 1.807) is 38.2 Å². The number of methoxy groups -OCH3 is 2. The van der Waals surface area contributed by atoms with Crippen molar-refractivity contribution in [2.45, 2.75) is 25.7 Å². The van der Waals surface area contributed by atoms with E-state index >= 15 is 0 Å². The summed E-state index contributed by atoms with van der Waals surface area (Å²) in [6.45, 7) is 0. The number of carbonyl (C=O) groups excluding carboxylic acids is 2. The molecule has 0 bridgehead atoms. The van der Waals surface area contributed by atoms with Crippen molar-refractivity contribution in [3.05, 3.63) is 76.9 Å². The lowest BCUT2D eigenvalue weighted by Gasteiger charge is -2.13. The summed E-state index contributed by atoms with van der Waals surface area (Å²) in [7, 11) is 6.55. The second-order valence-corrected chi connectivity index (χ2v) is 7.81. The Morgan fingerprint density at radius 2 is 1.74 bits per heavy atom. The molecule has 0 aliphatic rings. The molecular weight excluding hydrogens is 390 g/mol. The van der Waals surface area contributed by atoms with Gasteiger partial charge in [-0.05, 0) is 52.4 Å². The number of rotatable bonds is 8. The average molecular weight is 420 g/mol. The van der Waals surface area contributed by atoms with Crippen LogP contribution in [0.15, 0.2) is 54.6 Å². The zero-order valence-corrected chi connectivity index (χ0v) is 18.6. The van der Waals surface area contributed by atoms with Gasteiger partial charge in [-0.1, -0.05) is 42.5 Å². The second kappa shape index (κ2) is 10.1. The molecule has 0 aliphatic heterocycles. The summed E-state index contributed by atoms with van der Waals surface area (Å²) < 4.78 is 10.3. The highest BCUT2D eigenvalue weighted by Crippen LogP contribution is 2.28. The second-order valence-electron chi connectivity index (χ2n) is 7.81. The van der Waals surface area contributed by atoms with Crippen LogP contribution in [0.2, 0.25) is 0 Å². The molecule has 0 radical (unpaired) electrons. The van der Waals surface area contributed by atoms with Gasteiger partial charge in [0.25, 0.3) is 0 Å². The lowest BCUT2D eigenvalue weighted by molar-refractivity contribution is -0.128. The van der Waals surface area contributed by atoms with Gasteiger partial charge in [-0.25, -0.2) is 4.79 Å². The van der Waals surface area contributed by atoms with Crippen molar-refractivity contribution in [3.63, 3.8) is 0 Å². The lowest BCUT2D eigenvalue weighted by Crippen LogP contribution is -2.21. The zero-order chi connectivity index (χ0) is 22.4. The maximum absolute atomic E-state index is 11.8. The molecule has 162 valence electrons. The van der Waals surface area contributed by atoms with E-state index in [1.807, 2.05) is 6.07 Å². The molecule has 3 aromatic rings. The number of nitrogens with zero attached hydrogens (tertiary/aromatic N) is 1. The first-order valence-electron chi connectivity index (χ1n) is 10.4. The highest BCUT2D eigenvalue weighted by atomic mass is 16.5. The van der Waals surface area contributed by atoms with Gasteiger partial charge in [-0.15, -0.1) is 0 Å². The van der Waals surface area contributed by atoms with Gasteiger partial charge in [0.1, 0.15) is 5.75 Å². The van der Waals surface area contributed by atoms with E-state index in [1.165, 1.54) is 29.0 Å². The van der Waals surface area contributed by atoms with Gasteiger partial charge >= 0.3 is 5.97 Å². The van der Waals surface area contributed by atoms with Crippen LogP contribution in [0.5, 0.6) is 5.75 Å². The molecule has 0 saturated heterocycles. The molecule has 0 fully saturated rings. The van der Waals surface area contributed by atoms with E-state index in [2.05, 4.69) is 36.4 Å². The number of fused-ring (bicyclic) bond motifs is 1. The first-order valence-corrected chi connectivity index (χ1v) is 10.4. The average Bonchev–Trinajstić information content (AvgIpc) is 2.78. The van der Waals surface area contributed by atoms with Gasteiger partial charge in [0.15, 0.2) is 0 Å². The minimum absolute atomic E-state index is 0.156. The molecule has 1 amide bonds. The first-order chi connectivity index (χ1) is 14.9. The van der Waals surface area contributed by atoms with Crippen LogP contribution in [0.3, 0.4) is 0 Å². The minimum Gasteiger partial charge on any atom is -0.496 e. The molecule has 0 N–H and O–H groups in total. The van der Waals surface area contributed by atoms with Gasteiger partial charge in [-0.3, -0.25) is 4.79 Å². The van der Waals surface area contributed by atoms with E-state index in [0.717, 1.165) is 18.4 Å². The Labute approximate surface area is 183 Å². The van der Waals surface area contributed by atoms with Crippen molar-refractivity contribution >= 4 is 22.6 Å². The molecule has 0 saturated carbocycles. The summed E-state index contributed by atoms with van der Waals surface area (Å²) in [6.07, 6.45) is 2.93. The fraction of sp³-hybridized carbons (Fsp3) is 0.308. The third kappa shape index (κ3) is 5.43. The van der Waals surface area contributed by atoms with Crippen molar-refractivity contribution in [3.8, 4) is 5.75 Å². The van der Waals surface area contributed by atoms with Crippen LogP contribution in [0.4, 0.5) is 0 Å². The molecule has 0 atom stereocenters. The topological polar surface area (TPSA) is 55.8 Å². The summed E-state index contributed by atoms with van der Waals surface area (Å²) in [5.41, 5.74) is 3.88. The molecule has 0 spiro atoms. The first kappa shape index (κ1) is 22.3. The van der Waals surface area contributed by atoms with Crippen LogP contribution in [-0.2, 0) is 22.4 Å². The van der Waals surface area contributed by atoms with Gasteiger partial charge in [-0.2, -0.15) is 0 Å². The van der Waals surface area contributed by atoms with Crippen molar-refractivity contribution in [1.82, 2.24) is 4.90 Å². The Bertz CT molecular complexity index is 1090. The highest BCUT2D eigenvalue weighted by Gasteiger charge is 2.12. The van der Waals surface area contributed by atoms with E-state index in [4.69, 9.17) is 9.47 Å². The number of benzene rings is 3. The van der Waals surface area contributed by atoms with Crippen molar-refractivity contribution < 1.29 is 19.1 Å². The molecule has 3 rings (SSSR count). The van der Waals surface area contributed by atoms with Crippen LogP contribution < -0.4 is 4.74 Å². The van der Waals surface area contributed by atoms with E-state index in [-0.39, 0.29) is 11.9 Å². The van der Waals surface area contributed by atoms with Gasteiger partial charge in [0, 0.05) is 26.9 Å². The van der Waals surface area contributed by atoms with Crippen LogP contribution in [0.25, 0.3) is 10.8 Å². The maximum Gasteiger partial charge on any atom is 0.337 e. The largest absolute Gasteiger partial charge is 0.496 e. The van der Waals surface area contributed by atoms with E-state index < -0.39 is 0 Å². The Hall–Kier alpha value is -3.34. The lowest BCUT2D eigenvalue weighted by atomic mass is 9.95. The highest BCUT2D eigenvalue weighted by molar-refractivity contribution is 5.90. The van der Waals surface area contributed by atoms with Gasteiger partial charge < -0.3 is 14.4 Å². The Morgan fingerprint density at radius 1 is 0.935 bits per heavy atom. The summed E-state index contributed by atoms with van der Waals surface area (Å²) in [5.74, 6) is 0.439. The minimum atomic E-state index is -0.382. The van der Waals surface area contributed by atoms with Crippen molar-refractivity contribution in [1.29, 1.82) is 0 Å². The SMILES string of the molecule is COC(=O)c1ccc(Cc2cccc3ccc(CCCC(=O)N(C)C)cc23)c(OC)c1. The van der Waals surface area contributed by atoms with Crippen LogP contribution in [0, 0.1) is 0 Å². The molecule has 0 heterocycles. The smallest absolute Gasteiger partial charge is 0.337 e. The molecule has 31 heavy (non-hydrogen) atoms. The maximum atomic E-state index is 11.8. The number of carbonyl (C=O) groups is 2. The Morgan fingerprint density at radius 3 is 2.45 bits per heavy atom. The van der Waals surface area contributed by atoms with Crippen molar-refractivity contribution in [2.24, 2.45) is 0 Å². The van der Waals surface area contributed by atoms with Crippen LogP contribution in [0.1, 0.15) is 39.9 Å². The van der Waals surface area contributed by atoms with E-state index in [9.17, 15) is 9.59 Å². The molecule has 3 aromatic carbocycles. The summed E-state index contributed by atoms with van der Waals surface area (Å²) in [6, 6.07) is 18.2. The number of ether oxygens (including phenoxy) is 2. The van der Waals surface area contributed by atoms with Gasteiger partial charge in [0.05, 0.1) is 19.8 Å². The number of hydrogen-bond donors (Lipinski definition) is 0. The third-order valence-corrected chi connectivity index (χ3v) is 5.48. The monoisotopic (exact) mass is 419 g/mol. The Balaban J connectivity index is 1.85. The number of amides is 1. The predicted octanol–water partition coefficient (Wildman–Crippen LogP) is 4.64. The molecule has 5 nitrogen and oxygen atoms in total. The number of aryl methyl sites for hydroxylation is 1. The number of hydrogen-bond acceptors (Lipinski definition) is 4. The normalized spacial score (nSPS) is 10.7. The molecule has 0 aliphatic carbocycles. The molecule has 0 aromatic heterocycles. The molecule has 5 heteroatoms. The molecule has 0 unspecified atom stereocenters. The predicted molar refractivity (Wildman–Crippen MR) is 123 cm³/mol. The fourth-order valence-electron chi connectivity index (χ4n) is 3.70. The van der Waals surface area contributed by atoms with Crippen LogP contribution in [-0.4, -0.2) is 45.1 Å². The summed E-state index contributed by atoms with van der Waals surface area (Å²) >= 11 is 0. The summed E-state index contributed by atoms with van der Waals surface area (Å²) in [4.78, 5) is 25.3. The zero-order valence-electron chi connectivity index (χ0n) is 18.6. The standard InChI is InChI=1S/C26H29NO4/c1-27(2)25(28)10-5-7-18-11-12-19-8-6-9-20(23(19)15-18)16-21-13-14-22(26(29)31-4)17-24(21)30-3/h6,8-9,11-15,17H,5,7,10,16H2,1-4H3. The molecular formula is C26H29NO4. The van der Waals surface area contributed by atoms with Gasteiger partial charge in [0.2, 0.25) is 5.91 Å².